The van der Waals surface area contributed by atoms with Crippen molar-refractivity contribution >= 4 is 23.1 Å². The summed E-state index contributed by atoms with van der Waals surface area (Å²) in [5, 5.41) is 11.9. The molecule has 3 rings (SSSR count). The molecule has 0 fully saturated rings. The van der Waals surface area contributed by atoms with Gasteiger partial charge in [-0.3, -0.25) is 9.89 Å². The molecular weight excluding hydrogens is 282 g/mol. The van der Waals surface area contributed by atoms with Crippen molar-refractivity contribution in [1.29, 1.82) is 0 Å². The lowest BCUT2D eigenvalue weighted by Crippen LogP contribution is -2.12. The van der Waals surface area contributed by atoms with Gasteiger partial charge in [-0.15, -0.1) is 11.3 Å². The quantitative estimate of drug-likeness (QED) is 0.767. The Kier molecular flexibility index (Phi) is 3.58. The number of nitrogens with one attached hydrogen (secondary N) is 2. The van der Waals surface area contributed by atoms with Crippen LogP contribution in [0.15, 0.2) is 41.8 Å². The zero-order chi connectivity index (χ0) is 14.8. The van der Waals surface area contributed by atoms with E-state index in [0.29, 0.717) is 11.4 Å². The van der Waals surface area contributed by atoms with Crippen molar-refractivity contribution in [2.75, 3.05) is 5.32 Å². The standard InChI is InChI=1S/C16H15N3OS/c1-10-5-6-12(8-11(10)2)16(20)17-15-9-13(18-19-15)14-4-3-7-21-14/h3-9H,1-2H3,(H2,17,18,19,20). The summed E-state index contributed by atoms with van der Waals surface area (Å²) in [5.74, 6) is 0.379. The molecule has 21 heavy (non-hydrogen) atoms. The molecule has 0 unspecified atom stereocenters. The van der Waals surface area contributed by atoms with Crippen LogP contribution < -0.4 is 5.32 Å². The van der Waals surface area contributed by atoms with E-state index in [1.165, 1.54) is 5.56 Å². The smallest absolute Gasteiger partial charge is 0.256 e. The molecular formula is C16H15N3OS. The summed E-state index contributed by atoms with van der Waals surface area (Å²) in [6.45, 7) is 4.02. The number of rotatable bonds is 3. The van der Waals surface area contributed by atoms with Gasteiger partial charge in [-0.2, -0.15) is 5.10 Å². The molecule has 2 aromatic heterocycles. The fourth-order valence-electron chi connectivity index (χ4n) is 2.01. The Morgan fingerprint density at radius 2 is 2.05 bits per heavy atom. The maximum Gasteiger partial charge on any atom is 0.256 e. The molecule has 0 radical (unpaired) electrons. The molecule has 4 nitrogen and oxygen atoms in total. The van der Waals surface area contributed by atoms with E-state index >= 15 is 0 Å². The molecule has 1 amide bonds. The van der Waals surface area contributed by atoms with E-state index in [1.54, 1.807) is 11.3 Å². The highest BCUT2D eigenvalue weighted by molar-refractivity contribution is 7.13. The van der Waals surface area contributed by atoms with Crippen LogP contribution in [0.1, 0.15) is 21.5 Å². The van der Waals surface area contributed by atoms with Gasteiger partial charge in [-0.25, -0.2) is 0 Å². The van der Waals surface area contributed by atoms with Gasteiger partial charge in [-0.05, 0) is 48.6 Å². The Balaban J connectivity index is 1.77. The maximum absolute atomic E-state index is 12.2. The second-order valence-electron chi connectivity index (χ2n) is 4.90. The highest BCUT2D eigenvalue weighted by Crippen LogP contribution is 2.24. The normalized spacial score (nSPS) is 10.6. The van der Waals surface area contributed by atoms with Crippen molar-refractivity contribution < 1.29 is 4.79 Å². The lowest BCUT2D eigenvalue weighted by Gasteiger charge is -2.04. The Hall–Kier alpha value is -2.40. The summed E-state index contributed by atoms with van der Waals surface area (Å²) >= 11 is 1.62. The molecule has 3 aromatic rings. The second kappa shape index (κ2) is 5.54. The van der Waals surface area contributed by atoms with Gasteiger partial charge in [0.15, 0.2) is 5.82 Å². The van der Waals surface area contributed by atoms with E-state index < -0.39 is 0 Å². The number of carbonyl (C=O) groups excluding carboxylic acids is 1. The van der Waals surface area contributed by atoms with E-state index in [2.05, 4.69) is 15.5 Å². The third-order valence-electron chi connectivity index (χ3n) is 3.38. The van der Waals surface area contributed by atoms with Gasteiger partial charge in [-0.1, -0.05) is 12.1 Å². The summed E-state index contributed by atoms with van der Waals surface area (Å²) in [6.07, 6.45) is 0. The summed E-state index contributed by atoms with van der Waals surface area (Å²) < 4.78 is 0. The molecule has 0 saturated heterocycles. The highest BCUT2D eigenvalue weighted by atomic mass is 32.1. The fraction of sp³-hybridized carbons (Fsp3) is 0.125. The van der Waals surface area contributed by atoms with Crippen molar-refractivity contribution in [2.45, 2.75) is 13.8 Å². The van der Waals surface area contributed by atoms with Crippen LogP contribution in [0.25, 0.3) is 10.6 Å². The first-order valence-electron chi connectivity index (χ1n) is 6.61. The number of thiophene rings is 1. The monoisotopic (exact) mass is 297 g/mol. The zero-order valence-corrected chi connectivity index (χ0v) is 12.6. The average Bonchev–Trinajstić information content (AvgIpc) is 3.12. The van der Waals surface area contributed by atoms with E-state index in [0.717, 1.165) is 16.1 Å². The molecule has 106 valence electrons. The molecule has 0 atom stereocenters. The molecule has 0 bridgehead atoms. The van der Waals surface area contributed by atoms with Gasteiger partial charge < -0.3 is 5.32 Å². The minimum atomic E-state index is -0.151. The minimum absolute atomic E-state index is 0.151. The van der Waals surface area contributed by atoms with Gasteiger partial charge in [0.2, 0.25) is 0 Å². The van der Waals surface area contributed by atoms with E-state index in [9.17, 15) is 4.79 Å². The van der Waals surface area contributed by atoms with Crippen LogP contribution in [0.5, 0.6) is 0 Å². The lowest BCUT2D eigenvalue weighted by molar-refractivity contribution is 0.102. The lowest BCUT2D eigenvalue weighted by atomic mass is 10.1. The topological polar surface area (TPSA) is 57.8 Å². The molecule has 2 heterocycles. The number of nitrogens with zero attached hydrogens (tertiary/aromatic N) is 1. The summed E-state index contributed by atoms with van der Waals surface area (Å²) in [4.78, 5) is 13.3. The van der Waals surface area contributed by atoms with Crippen LogP contribution in [0.4, 0.5) is 5.82 Å². The van der Waals surface area contributed by atoms with Gasteiger partial charge in [0, 0.05) is 11.6 Å². The average molecular weight is 297 g/mol. The second-order valence-corrected chi connectivity index (χ2v) is 5.85. The number of aromatic nitrogens is 2. The Labute approximate surface area is 126 Å². The van der Waals surface area contributed by atoms with Crippen LogP contribution in [0, 0.1) is 13.8 Å². The van der Waals surface area contributed by atoms with Crippen LogP contribution in [0.2, 0.25) is 0 Å². The first-order chi connectivity index (χ1) is 10.1. The molecule has 0 aliphatic rings. The molecule has 0 saturated carbocycles. The van der Waals surface area contributed by atoms with Crippen molar-refractivity contribution in [3.05, 3.63) is 58.5 Å². The fourth-order valence-corrected chi connectivity index (χ4v) is 2.71. The summed E-state index contributed by atoms with van der Waals surface area (Å²) in [5.41, 5.74) is 3.81. The number of amides is 1. The van der Waals surface area contributed by atoms with Crippen molar-refractivity contribution in [2.24, 2.45) is 0 Å². The Morgan fingerprint density at radius 3 is 2.76 bits per heavy atom. The minimum Gasteiger partial charge on any atom is -0.305 e. The number of H-pyrrole nitrogens is 1. The van der Waals surface area contributed by atoms with E-state index in [-0.39, 0.29) is 5.91 Å². The molecule has 5 heteroatoms. The first-order valence-corrected chi connectivity index (χ1v) is 7.49. The molecule has 0 aliphatic carbocycles. The van der Waals surface area contributed by atoms with Crippen LogP contribution in [-0.2, 0) is 0 Å². The van der Waals surface area contributed by atoms with Crippen molar-refractivity contribution in [3.63, 3.8) is 0 Å². The van der Waals surface area contributed by atoms with Gasteiger partial charge in [0.25, 0.3) is 5.91 Å². The van der Waals surface area contributed by atoms with Crippen LogP contribution in [-0.4, -0.2) is 16.1 Å². The number of anilines is 1. The number of benzene rings is 1. The molecule has 1 aromatic carbocycles. The van der Waals surface area contributed by atoms with Gasteiger partial charge in [0.05, 0.1) is 10.6 Å². The Bertz CT molecular complexity index is 775. The van der Waals surface area contributed by atoms with Gasteiger partial charge >= 0.3 is 0 Å². The Morgan fingerprint density at radius 1 is 1.19 bits per heavy atom. The van der Waals surface area contributed by atoms with Crippen molar-refractivity contribution in [3.8, 4) is 10.6 Å². The molecule has 0 aliphatic heterocycles. The van der Waals surface area contributed by atoms with Crippen LogP contribution in [0.3, 0.4) is 0 Å². The van der Waals surface area contributed by atoms with E-state index in [4.69, 9.17) is 0 Å². The van der Waals surface area contributed by atoms with Crippen LogP contribution >= 0.6 is 11.3 Å². The third-order valence-corrected chi connectivity index (χ3v) is 4.28. The molecule has 2 N–H and O–H groups in total. The number of hydrogen-bond donors (Lipinski definition) is 2. The number of hydrogen-bond acceptors (Lipinski definition) is 3. The highest BCUT2D eigenvalue weighted by Gasteiger charge is 2.10. The zero-order valence-electron chi connectivity index (χ0n) is 11.8. The van der Waals surface area contributed by atoms with Crippen molar-refractivity contribution in [1.82, 2.24) is 10.2 Å². The SMILES string of the molecule is Cc1ccc(C(=O)Nc2cc(-c3cccs3)[nH]n2)cc1C. The number of aromatic amines is 1. The predicted molar refractivity (Wildman–Crippen MR) is 85.8 cm³/mol. The van der Waals surface area contributed by atoms with E-state index in [1.807, 2.05) is 55.6 Å². The third kappa shape index (κ3) is 2.87. The number of aryl methyl sites for hydroxylation is 2. The summed E-state index contributed by atoms with van der Waals surface area (Å²) in [6, 6.07) is 11.5. The number of carbonyl (C=O) groups is 1. The molecule has 0 spiro atoms. The largest absolute Gasteiger partial charge is 0.305 e. The predicted octanol–water partition coefficient (Wildman–Crippen LogP) is 4.01. The maximum atomic E-state index is 12.2. The summed E-state index contributed by atoms with van der Waals surface area (Å²) in [7, 11) is 0. The first kappa shape index (κ1) is 13.6. The van der Waals surface area contributed by atoms with Gasteiger partial charge in [0.1, 0.15) is 0 Å².